The minimum atomic E-state index is -6.10. The summed E-state index contributed by atoms with van der Waals surface area (Å²) in [7, 11) is -15.8. The van der Waals surface area contributed by atoms with Crippen LogP contribution in [0, 0.1) is 0 Å². The Bertz CT molecular complexity index is 3590. The second-order valence-electron chi connectivity index (χ2n) is 22.3. The molecule has 26 heteroatoms. The number of nitrogens with one attached hydrogen (secondary N) is 2. The number of rotatable bonds is 18. The number of hydrogen-bond donors (Lipinski definition) is 7. The third kappa shape index (κ3) is 11.9. The molecule has 2 amide bonds. The molecular formula is C54H69N6O17P3. The van der Waals surface area contributed by atoms with E-state index in [1.54, 1.807) is 11.9 Å². The zero-order chi connectivity index (χ0) is 58.0. The van der Waals surface area contributed by atoms with E-state index in [1.807, 2.05) is 23.2 Å². The maximum atomic E-state index is 14.8. The Hall–Kier alpha value is -5.22. The monoisotopic (exact) mass is 1170 g/mol. The number of hydrogen-bond acceptors (Lipinski definition) is 15. The highest BCUT2D eigenvalue weighted by molar-refractivity contribution is 7.65. The van der Waals surface area contributed by atoms with Crippen molar-refractivity contribution in [3.63, 3.8) is 0 Å². The van der Waals surface area contributed by atoms with E-state index < -0.39 is 65.9 Å². The van der Waals surface area contributed by atoms with E-state index in [0.29, 0.717) is 22.5 Å². The average Bonchev–Trinajstić information content (AvgIpc) is 2.95. The Labute approximate surface area is 461 Å². The van der Waals surface area contributed by atoms with Crippen molar-refractivity contribution in [1.82, 2.24) is 24.3 Å². The zero-order valence-corrected chi connectivity index (χ0v) is 48.3. The van der Waals surface area contributed by atoms with Crippen LogP contribution in [0.4, 0.5) is 5.69 Å². The summed E-state index contributed by atoms with van der Waals surface area (Å²) in [6.45, 7) is 16.0. The molecule has 0 spiro atoms. The molecule has 7 atom stereocenters. The highest BCUT2D eigenvalue weighted by atomic mass is 31.3. The standard InChI is InChI=1S/C54H69N6O17P3/c1-8-60-41-27-40-38(26-37(41)31(2)28-53(60,3)4)44(39-25-32-16-12-23-58-24-13-19-36(46(32)58)45(39)54(40,5)6)34-17-9-10-18-35(34)50(65)57(7)22-14-20-43(61)55-21-11-15-33-29-59(52(66)56-49(33)64)51-48(63)47(62)42(75-51)30-74-79(70,71)77-80(72,73)76-78(67,68)69/h9-11,15,17-18,25-27,29,31,42,47-48,51,62-63H,8,12-14,16,19-24,28,30H2,1-7H3,(H5-,55,56,61,64,66,67,68,69,70,71,72,73)/b15-11+/t31?,42-,47-,48-,51-/m1/s1. The number of aromatic amines is 1. The minimum absolute atomic E-state index is 0.0226. The van der Waals surface area contributed by atoms with Crippen molar-refractivity contribution in [3.05, 3.63) is 136 Å². The summed E-state index contributed by atoms with van der Waals surface area (Å²) in [6.07, 6.45) is 1.93. The van der Waals surface area contributed by atoms with Crippen LogP contribution in [0.2, 0.25) is 0 Å². The van der Waals surface area contributed by atoms with Crippen LogP contribution < -0.4 is 41.5 Å². The predicted molar refractivity (Wildman–Crippen MR) is 293 cm³/mol. The molecule has 80 heavy (non-hydrogen) atoms. The Morgan fingerprint density at radius 3 is 2.42 bits per heavy atom. The van der Waals surface area contributed by atoms with Crippen LogP contribution in [-0.4, -0.2) is 121 Å². The number of aliphatic hydroxyl groups is 2. The predicted octanol–water partition coefficient (Wildman–Crippen LogP) is 2.93. The van der Waals surface area contributed by atoms with Crippen molar-refractivity contribution < 1.29 is 71.0 Å². The first-order valence-electron chi connectivity index (χ1n) is 26.7. The van der Waals surface area contributed by atoms with Crippen LogP contribution in [0.3, 0.4) is 0 Å². The van der Waals surface area contributed by atoms with Gasteiger partial charge in [-0.05, 0) is 115 Å². The van der Waals surface area contributed by atoms with Crippen molar-refractivity contribution in [3.8, 4) is 0 Å². The van der Waals surface area contributed by atoms with Gasteiger partial charge in [-0.2, -0.15) is 0 Å². The first-order chi connectivity index (χ1) is 37.5. The van der Waals surface area contributed by atoms with Gasteiger partial charge in [0.2, 0.25) is 11.3 Å². The van der Waals surface area contributed by atoms with Gasteiger partial charge >= 0.3 is 21.3 Å². The number of aromatic nitrogens is 2. The molecule has 432 valence electrons. The SMILES string of the molecule is CCN1c2cc3c(cc2C(C)CC1(C)C)C(c1ccccc1C(=O)N(C)CCCC(=O)NC/C=C/c1cn([C@@H]2O[C@H](COP(=O)(O)OP(=O)([O-])OP(=O)(O)O)[C@@H](O)[C@H]2O)c(=O)[nH]c1=O)=c1cc2c4c(c1C3(C)C)CCC[N+]=4CCC2. The van der Waals surface area contributed by atoms with E-state index in [2.05, 4.69) is 93.7 Å². The lowest BCUT2D eigenvalue weighted by atomic mass is 9.64. The summed E-state index contributed by atoms with van der Waals surface area (Å²) >= 11 is 0. The number of ether oxygens (including phenoxy) is 1. The van der Waals surface area contributed by atoms with Crippen LogP contribution in [0.15, 0.2) is 64.3 Å². The molecule has 4 aliphatic heterocycles. The smallest absolute Gasteiger partial charge is 0.478 e. The highest BCUT2D eigenvalue weighted by Gasteiger charge is 2.47. The number of anilines is 1. The third-order valence-electron chi connectivity index (χ3n) is 16.0. The van der Waals surface area contributed by atoms with Crippen molar-refractivity contribution in [2.45, 2.75) is 128 Å². The van der Waals surface area contributed by atoms with Crippen molar-refractivity contribution in [2.75, 3.05) is 51.3 Å². The summed E-state index contributed by atoms with van der Waals surface area (Å²) in [5.74, 6) is -0.202. The number of aryl methyl sites for hydroxylation is 1. The number of carbonyl (C=O) groups excluding carboxylic acids is 2. The van der Waals surface area contributed by atoms with E-state index in [4.69, 9.17) is 14.5 Å². The lowest BCUT2D eigenvalue weighted by molar-refractivity contribution is -0.211. The number of phosphoric ester groups is 1. The second kappa shape index (κ2) is 22.5. The van der Waals surface area contributed by atoms with Gasteiger partial charge in [0.05, 0.1) is 12.2 Å². The first kappa shape index (κ1) is 59.4. The highest BCUT2D eigenvalue weighted by Crippen LogP contribution is 2.64. The topological polar surface area (TPSA) is 323 Å². The van der Waals surface area contributed by atoms with Crippen molar-refractivity contribution in [1.29, 1.82) is 0 Å². The molecule has 1 fully saturated rings. The lowest BCUT2D eigenvalue weighted by Gasteiger charge is -2.48. The number of fused-ring (bicyclic) bond motifs is 4. The number of H-pyrrole nitrogens is 1. The molecule has 1 saturated heterocycles. The number of carbonyl (C=O) groups is 2. The maximum absolute atomic E-state index is 14.8. The van der Waals surface area contributed by atoms with Gasteiger partial charge in [-0.25, -0.2) is 27.1 Å². The van der Waals surface area contributed by atoms with Gasteiger partial charge in [0, 0.05) is 85.5 Å². The van der Waals surface area contributed by atoms with Gasteiger partial charge < -0.3 is 49.6 Å². The molecule has 0 radical (unpaired) electrons. The normalized spacial score (nSPS) is 23.4. The summed E-state index contributed by atoms with van der Waals surface area (Å²) in [4.78, 5) is 98.5. The van der Waals surface area contributed by atoms with Crippen LogP contribution in [0.25, 0.3) is 11.6 Å². The number of amides is 2. The molecule has 3 unspecified atom stereocenters. The molecule has 1 aromatic heterocycles. The van der Waals surface area contributed by atoms with E-state index in [0.717, 1.165) is 74.6 Å². The van der Waals surface area contributed by atoms with Gasteiger partial charge in [-0.1, -0.05) is 51.1 Å². The van der Waals surface area contributed by atoms with Crippen molar-refractivity contribution in [2.24, 2.45) is 0 Å². The van der Waals surface area contributed by atoms with E-state index in [-0.39, 0.29) is 47.8 Å². The molecule has 3 aromatic carbocycles. The van der Waals surface area contributed by atoms with E-state index in [9.17, 15) is 52.9 Å². The number of phosphoric acid groups is 3. The number of benzene rings is 3. The van der Waals surface area contributed by atoms with Gasteiger partial charge in [0.15, 0.2) is 6.23 Å². The molecule has 1 aliphatic carbocycles. The summed E-state index contributed by atoms with van der Waals surface area (Å²) in [6, 6.07) is 15.2. The Balaban J connectivity index is 0.887. The molecule has 4 aromatic rings. The Kier molecular flexibility index (Phi) is 16.7. The molecule has 0 bridgehead atoms. The van der Waals surface area contributed by atoms with Crippen LogP contribution >= 0.6 is 23.5 Å². The van der Waals surface area contributed by atoms with Gasteiger partial charge in [0.1, 0.15) is 31.4 Å². The molecule has 0 saturated carbocycles. The average molecular weight is 1170 g/mol. The molecule has 23 nitrogen and oxygen atoms in total. The van der Waals surface area contributed by atoms with Crippen LogP contribution in [0.5, 0.6) is 0 Å². The molecule has 7 N–H and O–H groups in total. The Morgan fingerprint density at radius 1 is 1.00 bits per heavy atom. The molecular weight excluding hydrogens is 1100 g/mol. The fraction of sp³-hybridized carbons (Fsp3) is 0.500. The van der Waals surface area contributed by atoms with E-state index >= 15 is 0 Å². The van der Waals surface area contributed by atoms with Crippen LogP contribution in [0.1, 0.15) is 141 Å². The lowest BCUT2D eigenvalue weighted by Crippen LogP contribution is -2.50. The quantitative estimate of drug-likeness (QED) is 0.0556. The van der Waals surface area contributed by atoms with Gasteiger partial charge in [-0.15, -0.1) is 0 Å². The zero-order valence-electron chi connectivity index (χ0n) is 45.6. The fourth-order valence-corrected chi connectivity index (χ4v) is 15.6. The largest absolute Gasteiger partial charge is 0.756 e. The minimum Gasteiger partial charge on any atom is -0.756 e. The summed E-state index contributed by atoms with van der Waals surface area (Å²) in [5, 5.41) is 26.6. The number of nitrogens with zero attached hydrogens (tertiary/aromatic N) is 4. The molecule has 5 aliphatic rings. The van der Waals surface area contributed by atoms with Gasteiger partial charge in [-0.3, -0.25) is 33.0 Å². The maximum Gasteiger partial charge on any atom is 0.478 e. The third-order valence-corrected chi connectivity index (χ3v) is 19.8. The Morgan fingerprint density at radius 2 is 1.71 bits per heavy atom. The van der Waals surface area contributed by atoms with Crippen LogP contribution in [-0.2, 0) is 54.6 Å². The fourth-order valence-electron chi connectivity index (χ4n) is 12.7. The number of aliphatic hydroxyl groups excluding tert-OH is 2. The summed E-state index contributed by atoms with van der Waals surface area (Å²) < 4.78 is 54.9. The van der Waals surface area contributed by atoms with Gasteiger partial charge in [0.25, 0.3) is 19.3 Å². The van der Waals surface area contributed by atoms with E-state index in [1.165, 1.54) is 56.2 Å². The molecule has 9 rings (SSSR count). The molecule has 5 heterocycles. The second-order valence-corrected chi connectivity index (χ2v) is 26.7. The first-order valence-corrected chi connectivity index (χ1v) is 31.2. The van der Waals surface area contributed by atoms with Crippen molar-refractivity contribution >= 4 is 52.6 Å². The summed E-state index contributed by atoms with van der Waals surface area (Å²) in [5.41, 5.74) is 9.19.